The molecule has 0 radical (unpaired) electrons. The Morgan fingerprint density at radius 3 is 2.85 bits per heavy atom. The summed E-state index contributed by atoms with van der Waals surface area (Å²) in [4.78, 5) is 0. The van der Waals surface area contributed by atoms with E-state index in [9.17, 15) is 5.11 Å². The Kier molecular flexibility index (Phi) is 3.14. The highest BCUT2D eigenvalue weighted by molar-refractivity contribution is 5.81. The predicted octanol–water partition coefficient (Wildman–Crippen LogP) is 3.91. The van der Waals surface area contributed by atoms with Gasteiger partial charge in [-0.2, -0.15) is 0 Å². The summed E-state index contributed by atoms with van der Waals surface area (Å²) in [6.45, 7) is 6.75. The number of fused-ring (bicyclic) bond motifs is 1. The van der Waals surface area contributed by atoms with Crippen molar-refractivity contribution in [3.8, 4) is 0 Å². The summed E-state index contributed by atoms with van der Waals surface area (Å²) in [6, 6.07) is 8.04. The molecular weight excluding hydrogens is 252 g/mol. The van der Waals surface area contributed by atoms with Crippen LogP contribution >= 0.6 is 0 Å². The fourth-order valence-corrected chi connectivity index (χ4v) is 3.10. The van der Waals surface area contributed by atoms with Crippen LogP contribution in [0.2, 0.25) is 0 Å². The molecule has 1 saturated heterocycles. The molecule has 0 aliphatic carbocycles. The van der Waals surface area contributed by atoms with Gasteiger partial charge < -0.3 is 14.3 Å². The molecule has 1 aromatic carbocycles. The fourth-order valence-electron chi connectivity index (χ4n) is 3.10. The Morgan fingerprint density at radius 1 is 1.35 bits per heavy atom. The lowest BCUT2D eigenvalue weighted by molar-refractivity contribution is -0.163. The lowest BCUT2D eigenvalue weighted by Gasteiger charge is -2.42. The second-order valence-corrected chi connectivity index (χ2v) is 6.21. The molecule has 20 heavy (non-hydrogen) atoms. The number of benzene rings is 1. The van der Waals surface area contributed by atoms with Crippen LogP contribution in [0.15, 0.2) is 28.7 Å². The van der Waals surface area contributed by atoms with Gasteiger partial charge in [-0.3, -0.25) is 0 Å². The molecule has 1 aromatic heterocycles. The van der Waals surface area contributed by atoms with E-state index in [0.717, 1.165) is 23.0 Å². The van der Waals surface area contributed by atoms with Crippen molar-refractivity contribution in [1.29, 1.82) is 0 Å². The highest BCUT2D eigenvalue weighted by Gasteiger charge is 2.44. The number of ether oxygens (including phenoxy) is 1. The molecule has 2 unspecified atom stereocenters. The van der Waals surface area contributed by atoms with Gasteiger partial charge in [-0.05, 0) is 31.9 Å². The average molecular weight is 274 g/mol. The maximum absolute atomic E-state index is 11.0. The predicted molar refractivity (Wildman–Crippen MR) is 78.7 cm³/mol. The number of aliphatic hydroxyl groups is 1. The van der Waals surface area contributed by atoms with Gasteiger partial charge in [-0.1, -0.05) is 25.1 Å². The number of hydrogen-bond donors (Lipinski definition) is 1. The molecule has 3 nitrogen and oxygen atoms in total. The van der Waals surface area contributed by atoms with Crippen LogP contribution in [0.25, 0.3) is 11.0 Å². The van der Waals surface area contributed by atoms with Crippen LogP contribution in [0.5, 0.6) is 0 Å². The van der Waals surface area contributed by atoms with E-state index in [1.165, 1.54) is 0 Å². The van der Waals surface area contributed by atoms with E-state index in [2.05, 4.69) is 13.8 Å². The Labute approximate surface area is 119 Å². The highest BCUT2D eigenvalue weighted by Crippen LogP contribution is 2.42. The lowest BCUT2D eigenvalue weighted by atomic mass is 9.80. The van der Waals surface area contributed by atoms with Crippen LogP contribution < -0.4 is 0 Å². The summed E-state index contributed by atoms with van der Waals surface area (Å²) >= 11 is 0. The average Bonchev–Trinajstić information content (AvgIpc) is 2.85. The molecule has 108 valence electrons. The molecule has 0 spiro atoms. The zero-order valence-corrected chi connectivity index (χ0v) is 12.4. The SMILES string of the molecule is CCC1(C)CC(O)(c2cc3cccc(C)c3o2)CCO1. The molecule has 1 aliphatic rings. The van der Waals surface area contributed by atoms with Crippen molar-refractivity contribution in [2.75, 3.05) is 6.61 Å². The Bertz CT molecular complexity index is 630. The van der Waals surface area contributed by atoms with Crippen LogP contribution in [0.1, 0.15) is 44.4 Å². The Hall–Kier alpha value is -1.32. The smallest absolute Gasteiger partial charge is 0.137 e. The van der Waals surface area contributed by atoms with E-state index in [-0.39, 0.29) is 5.60 Å². The first kappa shape index (κ1) is 13.7. The first-order valence-corrected chi connectivity index (χ1v) is 7.32. The van der Waals surface area contributed by atoms with E-state index in [0.29, 0.717) is 25.2 Å². The minimum absolute atomic E-state index is 0.277. The first-order valence-electron chi connectivity index (χ1n) is 7.32. The first-order chi connectivity index (χ1) is 9.46. The van der Waals surface area contributed by atoms with Crippen molar-refractivity contribution >= 4 is 11.0 Å². The van der Waals surface area contributed by atoms with Gasteiger partial charge >= 0.3 is 0 Å². The largest absolute Gasteiger partial charge is 0.458 e. The molecule has 2 aromatic rings. The third kappa shape index (κ3) is 2.15. The van der Waals surface area contributed by atoms with Gasteiger partial charge in [-0.15, -0.1) is 0 Å². The second kappa shape index (κ2) is 4.61. The summed E-state index contributed by atoms with van der Waals surface area (Å²) in [5, 5.41) is 12.1. The minimum Gasteiger partial charge on any atom is -0.458 e. The summed E-state index contributed by atoms with van der Waals surface area (Å²) in [5.74, 6) is 0.671. The van der Waals surface area contributed by atoms with Crippen LogP contribution in [0.3, 0.4) is 0 Å². The molecule has 3 heteroatoms. The molecule has 1 aliphatic heterocycles. The molecule has 0 bridgehead atoms. The molecular formula is C17H22O3. The standard InChI is InChI=1S/C17H22O3/c1-4-16(3)11-17(18,8-9-19-16)14-10-13-7-5-6-12(2)15(13)20-14/h5-7,10,18H,4,8-9,11H2,1-3H3. The number of hydrogen-bond acceptors (Lipinski definition) is 3. The van der Waals surface area contributed by atoms with E-state index < -0.39 is 5.60 Å². The van der Waals surface area contributed by atoms with E-state index in [1.807, 2.05) is 31.2 Å². The third-order valence-corrected chi connectivity index (χ3v) is 4.58. The Balaban J connectivity index is 2.03. The molecule has 3 rings (SSSR count). The van der Waals surface area contributed by atoms with Gasteiger partial charge in [0.25, 0.3) is 0 Å². The number of furan rings is 1. The molecule has 0 saturated carbocycles. The zero-order chi connectivity index (χ0) is 14.4. The fraction of sp³-hybridized carbons (Fsp3) is 0.529. The van der Waals surface area contributed by atoms with Crippen LogP contribution in [-0.4, -0.2) is 17.3 Å². The van der Waals surface area contributed by atoms with E-state index in [4.69, 9.17) is 9.15 Å². The van der Waals surface area contributed by atoms with Crippen molar-refractivity contribution < 1.29 is 14.3 Å². The van der Waals surface area contributed by atoms with Crippen molar-refractivity contribution in [3.63, 3.8) is 0 Å². The quantitative estimate of drug-likeness (QED) is 0.903. The summed E-state index contributed by atoms with van der Waals surface area (Å²) < 4.78 is 11.8. The van der Waals surface area contributed by atoms with Gasteiger partial charge in [0.15, 0.2) is 0 Å². The van der Waals surface area contributed by atoms with Gasteiger partial charge in [0, 0.05) is 18.2 Å². The number of para-hydroxylation sites is 1. The minimum atomic E-state index is -0.922. The normalized spacial score (nSPS) is 30.8. The zero-order valence-electron chi connectivity index (χ0n) is 12.4. The molecule has 2 atom stereocenters. The monoisotopic (exact) mass is 274 g/mol. The molecule has 1 fully saturated rings. The maximum atomic E-state index is 11.0. The van der Waals surface area contributed by atoms with Gasteiger partial charge in [-0.25, -0.2) is 0 Å². The van der Waals surface area contributed by atoms with Crippen LogP contribution in [0.4, 0.5) is 0 Å². The molecule has 2 heterocycles. The third-order valence-electron chi connectivity index (χ3n) is 4.58. The van der Waals surface area contributed by atoms with Crippen molar-refractivity contribution in [2.45, 2.75) is 51.2 Å². The van der Waals surface area contributed by atoms with Crippen molar-refractivity contribution in [1.82, 2.24) is 0 Å². The molecule has 1 N–H and O–H groups in total. The number of rotatable bonds is 2. The topological polar surface area (TPSA) is 42.6 Å². The van der Waals surface area contributed by atoms with Gasteiger partial charge in [0.05, 0.1) is 12.2 Å². The second-order valence-electron chi connectivity index (χ2n) is 6.21. The van der Waals surface area contributed by atoms with Gasteiger partial charge in [0.2, 0.25) is 0 Å². The van der Waals surface area contributed by atoms with E-state index in [1.54, 1.807) is 0 Å². The number of aryl methyl sites for hydroxylation is 1. The summed E-state index contributed by atoms with van der Waals surface area (Å²) in [5.41, 5.74) is 0.776. The Morgan fingerprint density at radius 2 is 2.15 bits per heavy atom. The van der Waals surface area contributed by atoms with Crippen LogP contribution in [0, 0.1) is 6.92 Å². The maximum Gasteiger partial charge on any atom is 0.137 e. The molecule has 0 amide bonds. The van der Waals surface area contributed by atoms with Crippen molar-refractivity contribution in [3.05, 3.63) is 35.6 Å². The van der Waals surface area contributed by atoms with Gasteiger partial charge in [0.1, 0.15) is 16.9 Å². The summed E-state index contributed by atoms with van der Waals surface area (Å²) in [7, 11) is 0. The van der Waals surface area contributed by atoms with Crippen molar-refractivity contribution in [2.24, 2.45) is 0 Å². The van der Waals surface area contributed by atoms with Crippen LogP contribution in [-0.2, 0) is 10.3 Å². The highest BCUT2D eigenvalue weighted by atomic mass is 16.5. The lowest BCUT2D eigenvalue weighted by Crippen LogP contribution is -2.45. The van der Waals surface area contributed by atoms with E-state index >= 15 is 0 Å². The summed E-state index contributed by atoms with van der Waals surface area (Å²) in [6.07, 6.45) is 2.05.